The van der Waals surface area contributed by atoms with E-state index in [1.165, 1.54) is 5.56 Å². The fourth-order valence-electron chi connectivity index (χ4n) is 2.85. The van der Waals surface area contributed by atoms with Crippen molar-refractivity contribution < 1.29 is 9.53 Å². The van der Waals surface area contributed by atoms with E-state index in [0.29, 0.717) is 6.54 Å². The maximum absolute atomic E-state index is 12.2. The molecule has 3 rings (SSSR count). The van der Waals surface area contributed by atoms with Crippen LogP contribution < -0.4 is 15.4 Å². The fraction of sp³-hybridized carbons (Fsp3) is 0.316. The van der Waals surface area contributed by atoms with Crippen LogP contribution in [-0.2, 0) is 12.0 Å². The fourth-order valence-corrected chi connectivity index (χ4v) is 2.85. The first kappa shape index (κ1) is 15.4. The normalized spacial score (nSPS) is 14.8. The molecule has 2 aromatic rings. The van der Waals surface area contributed by atoms with E-state index in [1.807, 2.05) is 42.5 Å². The second-order valence-electron chi connectivity index (χ2n) is 5.89. The molecular weight excluding hydrogens is 288 g/mol. The van der Waals surface area contributed by atoms with Gasteiger partial charge in [0.1, 0.15) is 5.75 Å². The van der Waals surface area contributed by atoms with Gasteiger partial charge in [-0.15, -0.1) is 0 Å². The molecule has 23 heavy (non-hydrogen) atoms. The van der Waals surface area contributed by atoms with Crippen LogP contribution in [0.1, 0.15) is 24.0 Å². The lowest BCUT2D eigenvalue weighted by Crippen LogP contribution is -2.42. The molecule has 0 aliphatic heterocycles. The van der Waals surface area contributed by atoms with E-state index in [1.54, 1.807) is 7.11 Å². The Labute approximate surface area is 136 Å². The van der Waals surface area contributed by atoms with Crippen LogP contribution in [0.5, 0.6) is 5.75 Å². The highest BCUT2D eigenvalue weighted by Gasteiger charge is 2.45. The lowest BCUT2D eigenvalue weighted by molar-refractivity contribution is 0.236. The molecule has 0 heterocycles. The minimum Gasteiger partial charge on any atom is -0.496 e. The third kappa shape index (κ3) is 3.65. The zero-order valence-corrected chi connectivity index (χ0v) is 13.3. The van der Waals surface area contributed by atoms with Crippen LogP contribution in [-0.4, -0.2) is 19.7 Å². The van der Waals surface area contributed by atoms with Crippen molar-refractivity contribution in [3.63, 3.8) is 0 Å². The smallest absolute Gasteiger partial charge is 0.315 e. The SMILES string of the molecule is COc1ccccc1CCNC(=O)NC1(c2ccccc2)CC1. The molecule has 2 aromatic carbocycles. The first-order chi connectivity index (χ1) is 11.2. The van der Waals surface area contributed by atoms with E-state index >= 15 is 0 Å². The Balaban J connectivity index is 1.51. The second-order valence-corrected chi connectivity index (χ2v) is 5.89. The number of methoxy groups -OCH3 is 1. The van der Waals surface area contributed by atoms with E-state index in [4.69, 9.17) is 4.74 Å². The number of rotatable bonds is 6. The van der Waals surface area contributed by atoms with Crippen molar-refractivity contribution in [2.24, 2.45) is 0 Å². The summed E-state index contributed by atoms with van der Waals surface area (Å²) < 4.78 is 5.32. The van der Waals surface area contributed by atoms with Crippen molar-refractivity contribution in [3.8, 4) is 5.75 Å². The number of hydrogen-bond donors (Lipinski definition) is 2. The Hall–Kier alpha value is -2.49. The lowest BCUT2D eigenvalue weighted by atomic mass is 10.1. The van der Waals surface area contributed by atoms with Gasteiger partial charge in [0, 0.05) is 6.54 Å². The van der Waals surface area contributed by atoms with Crippen molar-refractivity contribution in [2.75, 3.05) is 13.7 Å². The van der Waals surface area contributed by atoms with Gasteiger partial charge in [0.25, 0.3) is 0 Å². The maximum Gasteiger partial charge on any atom is 0.315 e. The van der Waals surface area contributed by atoms with Crippen molar-refractivity contribution in [1.82, 2.24) is 10.6 Å². The quantitative estimate of drug-likeness (QED) is 0.860. The Bertz CT molecular complexity index is 666. The summed E-state index contributed by atoms with van der Waals surface area (Å²) in [5.41, 5.74) is 2.11. The Morgan fingerprint density at radius 3 is 2.48 bits per heavy atom. The standard InChI is InChI=1S/C19H22N2O2/c1-23-17-10-6-5-7-15(17)11-14-20-18(22)21-19(12-13-19)16-8-3-2-4-9-16/h2-10H,11-14H2,1H3,(H2,20,21,22). The minimum atomic E-state index is -0.171. The van der Waals surface area contributed by atoms with Crippen LogP contribution in [0.25, 0.3) is 0 Å². The van der Waals surface area contributed by atoms with Gasteiger partial charge in [-0.1, -0.05) is 48.5 Å². The summed E-state index contributed by atoms with van der Waals surface area (Å²) >= 11 is 0. The topological polar surface area (TPSA) is 50.4 Å². The van der Waals surface area contributed by atoms with Crippen molar-refractivity contribution in [3.05, 3.63) is 65.7 Å². The van der Waals surface area contributed by atoms with Gasteiger partial charge in [-0.25, -0.2) is 4.79 Å². The molecule has 0 radical (unpaired) electrons. The molecule has 0 atom stereocenters. The number of hydrogen-bond acceptors (Lipinski definition) is 2. The average molecular weight is 310 g/mol. The molecule has 0 unspecified atom stereocenters. The number of nitrogens with one attached hydrogen (secondary N) is 2. The van der Waals surface area contributed by atoms with E-state index in [-0.39, 0.29) is 11.6 Å². The van der Waals surface area contributed by atoms with Crippen LogP contribution in [0.2, 0.25) is 0 Å². The molecule has 4 heteroatoms. The molecule has 4 nitrogen and oxygen atoms in total. The number of amides is 2. The van der Waals surface area contributed by atoms with Gasteiger partial charge < -0.3 is 15.4 Å². The van der Waals surface area contributed by atoms with Crippen molar-refractivity contribution >= 4 is 6.03 Å². The van der Waals surface area contributed by atoms with E-state index in [2.05, 4.69) is 22.8 Å². The van der Waals surface area contributed by atoms with Crippen LogP contribution in [0, 0.1) is 0 Å². The zero-order valence-electron chi connectivity index (χ0n) is 13.3. The third-order valence-corrected chi connectivity index (χ3v) is 4.30. The van der Waals surface area contributed by atoms with Gasteiger partial charge >= 0.3 is 6.03 Å². The van der Waals surface area contributed by atoms with Gasteiger partial charge in [-0.2, -0.15) is 0 Å². The number of carbonyl (C=O) groups is 1. The van der Waals surface area contributed by atoms with Gasteiger partial charge in [-0.05, 0) is 36.5 Å². The lowest BCUT2D eigenvalue weighted by Gasteiger charge is -2.18. The van der Waals surface area contributed by atoms with E-state index in [9.17, 15) is 4.79 Å². The molecule has 1 saturated carbocycles. The zero-order chi connectivity index (χ0) is 16.1. The van der Waals surface area contributed by atoms with Crippen LogP contribution in [0.4, 0.5) is 4.79 Å². The largest absolute Gasteiger partial charge is 0.496 e. The Morgan fingerprint density at radius 1 is 1.09 bits per heavy atom. The summed E-state index contributed by atoms with van der Waals surface area (Å²) in [6.07, 6.45) is 2.74. The predicted octanol–water partition coefficient (Wildman–Crippen LogP) is 3.23. The Kier molecular flexibility index (Phi) is 4.51. The number of urea groups is 1. The second kappa shape index (κ2) is 6.73. The van der Waals surface area contributed by atoms with Gasteiger partial charge in [0.05, 0.1) is 12.6 Å². The molecule has 1 aliphatic rings. The molecule has 120 valence electrons. The molecule has 0 aromatic heterocycles. The van der Waals surface area contributed by atoms with E-state index < -0.39 is 0 Å². The highest BCUT2D eigenvalue weighted by Crippen LogP contribution is 2.45. The average Bonchev–Trinajstić information content (AvgIpc) is 3.37. The van der Waals surface area contributed by atoms with Gasteiger partial charge in [0.15, 0.2) is 0 Å². The number of carbonyl (C=O) groups excluding carboxylic acids is 1. The Morgan fingerprint density at radius 2 is 1.78 bits per heavy atom. The molecular formula is C19H22N2O2. The van der Waals surface area contributed by atoms with Crippen LogP contribution >= 0.6 is 0 Å². The maximum atomic E-state index is 12.2. The molecule has 1 aliphatic carbocycles. The molecule has 2 amide bonds. The van der Waals surface area contributed by atoms with Crippen LogP contribution in [0.15, 0.2) is 54.6 Å². The summed E-state index contributed by atoms with van der Waals surface area (Å²) in [5.74, 6) is 0.859. The number of ether oxygens (including phenoxy) is 1. The summed E-state index contributed by atoms with van der Waals surface area (Å²) in [5, 5.41) is 6.06. The highest BCUT2D eigenvalue weighted by atomic mass is 16.5. The number of benzene rings is 2. The molecule has 0 saturated heterocycles. The van der Waals surface area contributed by atoms with Crippen molar-refractivity contribution in [1.29, 1.82) is 0 Å². The van der Waals surface area contributed by atoms with Crippen molar-refractivity contribution in [2.45, 2.75) is 24.8 Å². The van der Waals surface area contributed by atoms with Crippen LogP contribution in [0.3, 0.4) is 0 Å². The molecule has 0 spiro atoms. The highest BCUT2D eigenvalue weighted by molar-refractivity contribution is 5.75. The summed E-state index contributed by atoms with van der Waals surface area (Å²) in [4.78, 5) is 12.2. The number of para-hydroxylation sites is 1. The summed E-state index contributed by atoms with van der Waals surface area (Å²) in [7, 11) is 1.66. The first-order valence-electron chi connectivity index (χ1n) is 7.97. The molecule has 1 fully saturated rings. The molecule has 2 N–H and O–H groups in total. The predicted molar refractivity (Wildman–Crippen MR) is 90.6 cm³/mol. The first-order valence-corrected chi connectivity index (χ1v) is 7.97. The van der Waals surface area contributed by atoms with E-state index in [0.717, 1.165) is 30.6 Å². The minimum absolute atomic E-state index is 0.110. The summed E-state index contributed by atoms with van der Waals surface area (Å²) in [6.45, 7) is 0.580. The van der Waals surface area contributed by atoms with Gasteiger partial charge in [0.2, 0.25) is 0 Å². The molecule has 0 bridgehead atoms. The third-order valence-electron chi connectivity index (χ3n) is 4.30. The van der Waals surface area contributed by atoms with Gasteiger partial charge in [-0.3, -0.25) is 0 Å². The summed E-state index contributed by atoms with van der Waals surface area (Å²) in [6, 6.07) is 17.9. The monoisotopic (exact) mass is 310 g/mol.